The summed E-state index contributed by atoms with van der Waals surface area (Å²) in [5, 5.41) is 12.1. The topological polar surface area (TPSA) is 72.9 Å². The zero-order chi connectivity index (χ0) is 11.8. The summed E-state index contributed by atoms with van der Waals surface area (Å²) in [6.45, 7) is 5.57. The highest BCUT2D eigenvalue weighted by atomic mass is 16.3. The number of hydrogen-bond donors (Lipinski definition) is 2. The zero-order valence-corrected chi connectivity index (χ0v) is 9.44. The molecule has 0 spiro atoms. The quantitative estimate of drug-likeness (QED) is 0.605. The van der Waals surface area contributed by atoms with E-state index in [0.29, 0.717) is 0 Å². The van der Waals surface area contributed by atoms with Gasteiger partial charge in [0.25, 0.3) is 0 Å². The number of nitrogens with zero attached hydrogens (tertiary/aromatic N) is 2. The molecule has 1 saturated heterocycles. The first-order chi connectivity index (χ1) is 6.72. The van der Waals surface area contributed by atoms with Gasteiger partial charge in [0.15, 0.2) is 6.23 Å². The summed E-state index contributed by atoms with van der Waals surface area (Å²) < 4.78 is 0. The summed E-state index contributed by atoms with van der Waals surface area (Å²) in [5.41, 5.74) is -0.432. The number of carbonyl (C=O) groups excluding carboxylic acids is 2. The first-order valence-corrected chi connectivity index (χ1v) is 4.77. The van der Waals surface area contributed by atoms with Gasteiger partial charge < -0.3 is 15.3 Å². The number of urea groups is 2. The molecule has 1 heterocycles. The first kappa shape index (κ1) is 11.8. The largest absolute Gasteiger partial charge is 0.371 e. The molecule has 1 unspecified atom stereocenters. The third kappa shape index (κ3) is 2.59. The van der Waals surface area contributed by atoms with Crippen LogP contribution >= 0.6 is 0 Å². The van der Waals surface area contributed by atoms with Crippen LogP contribution in [0.4, 0.5) is 9.59 Å². The van der Waals surface area contributed by atoms with Gasteiger partial charge >= 0.3 is 12.1 Å². The van der Waals surface area contributed by atoms with Crippen molar-refractivity contribution in [2.75, 3.05) is 13.6 Å². The van der Waals surface area contributed by atoms with Crippen molar-refractivity contribution < 1.29 is 14.7 Å². The second kappa shape index (κ2) is 3.69. The third-order valence-corrected chi connectivity index (χ3v) is 1.97. The highest BCUT2D eigenvalue weighted by Gasteiger charge is 2.39. The van der Waals surface area contributed by atoms with Crippen molar-refractivity contribution in [1.82, 2.24) is 15.1 Å². The fraction of sp³-hybridized carbons (Fsp3) is 0.778. The summed E-state index contributed by atoms with van der Waals surface area (Å²) >= 11 is 0. The molecule has 0 aliphatic carbocycles. The van der Waals surface area contributed by atoms with Crippen LogP contribution in [-0.4, -0.2) is 52.3 Å². The Balaban J connectivity index is 2.72. The van der Waals surface area contributed by atoms with Crippen molar-refractivity contribution in [3.63, 3.8) is 0 Å². The number of carbonyl (C=O) groups is 2. The van der Waals surface area contributed by atoms with Gasteiger partial charge in [-0.2, -0.15) is 0 Å². The second-order valence-electron chi connectivity index (χ2n) is 4.69. The molecule has 1 rings (SSSR count). The van der Waals surface area contributed by atoms with Crippen molar-refractivity contribution in [2.45, 2.75) is 32.5 Å². The van der Waals surface area contributed by atoms with Gasteiger partial charge in [0.1, 0.15) is 0 Å². The van der Waals surface area contributed by atoms with E-state index in [1.165, 1.54) is 11.9 Å². The lowest BCUT2D eigenvalue weighted by atomic mass is 10.1. The maximum absolute atomic E-state index is 11.6. The lowest BCUT2D eigenvalue weighted by molar-refractivity contribution is 0.0787. The van der Waals surface area contributed by atoms with E-state index in [1.54, 1.807) is 0 Å². The lowest BCUT2D eigenvalue weighted by Gasteiger charge is -2.25. The number of likely N-dealkylation sites (N-methyl/N-ethyl adjacent to an activating group) is 1. The zero-order valence-electron chi connectivity index (χ0n) is 9.44. The fourth-order valence-corrected chi connectivity index (χ4v) is 1.32. The number of rotatable bonds is 0. The van der Waals surface area contributed by atoms with Gasteiger partial charge in [-0.05, 0) is 20.8 Å². The molecule has 15 heavy (non-hydrogen) atoms. The predicted molar refractivity (Wildman–Crippen MR) is 54.2 cm³/mol. The molecule has 4 amide bonds. The molecule has 0 aromatic rings. The Morgan fingerprint density at radius 1 is 1.53 bits per heavy atom. The van der Waals surface area contributed by atoms with Crippen LogP contribution in [0.2, 0.25) is 0 Å². The molecule has 0 radical (unpaired) electrons. The molecule has 6 heteroatoms. The Bertz CT molecular complexity index is 285. The van der Waals surface area contributed by atoms with E-state index in [0.717, 1.165) is 4.90 Å². The van der Waals surface area contributed by atoms with E-state index in [2.05, 4.69) is 5.32 Å². The Morgan fingerprint density at radius 3 is 2.40 bits per heavy atom. The predicted octanol–water partition coefficient (Wildman–Crippen LogP) is 0.180. The summed E-state index contributed by atoms with van der Waals surface area (Å²) in [7, 11) is 1.54. The average Bonchev–Trinajstić information content (AvgIpc) is 2.22. The van der Waals surface area contributed by atoms with E-state index in [1.807, 2.05) is 20.8 Å². The molecule has 0 aromatic heterocycles. The van der Waals surface area contributed by atoms with Crippen LogP contribution in [-0.2, 0) is 0 Å². The molecular formula is C9H17N3O3. The highest BCUT2D eigenvalue weighted by molar-refractivity contribution is 5.95. The van der Waals surface area contributed by atoms with Crippen molar-refractivity contribution in [1.29, 1.82) is 0 Å². The Kier molecular flexibility index (Phi) is 2.90. The molecule has 0 saturated carbocycles. The number of aliphatic hydroxyl groups excluding tert-OH is 1. The highest BCUT2D eigenvalue weighted by Crippen LogP contribution is 2.13. The van der Waals surface area contributed by atoms with Gasteiger partial charge in [-0.1, -0.05) is 0 Å². The molecule has 2 N–H and O–H groups in total. The first-order valence-electron chi connectivity index (χ1n) is 4.77. The van der Waals surface area contributed by atoms with E-state index in [4.69, 9.17) is 0 Å². The van der Waals surface area contributed by atoms with Crippen molar-refractivity contribution >= 4 is 12.1 Å². The average molecular weight is 215 g/mol. The summed E-state index contributed by atoms with van der Waals surface area (Å²) in [6, 6.07) is -1.05. The monoisotopic (exact) mass is 215 g/mol. The van der Waals surface area contributed by atoms with Crippen LogP contribution in [0.15, 0.2) is 0 Å². The van der Waals surface area contributed by atoms with Crippen LogP contribution < -0.4 is 5.32 Å². The van der Waals surface area contributed by atoms with Gasteiger partial charge in [0.2, 0.25) is 0 Å². The van der Waals surface area contributed by atoms with Gasteiger partial charge in [-0.3, -0.25) is 0 Å². The van der Waals surface area contributed by atoms with Crippen LogP contribution in [0, 0.1) is 0 Å². The normalized spacial score (nSPS) is 22.2. The SMILES string of the molecule is CN1CC(O)N(C(=O)NC(C)(C)C)C1=O. The summed E-state index contributed by atoms with van der Waals surface area (Å²) in [5.74, 6) is 0. The Labute approximate surface area is 88.8 Å². The van der Waals surface area contributed by atoms with Crippen LogP contribution in [0.25, 0.3) is 0 Å². The minimum atomic E-state index is -1.06. The minimum Gasteiger partial charge on any atom is -0.371 e. The van der Waals surface area contributed by atoms with Crippen LogP contribution in [0.1, 0.15) is 20.8 Å². The Hall–Kier alpha value is -1.30. The summed E-state index contributed by atoms with van der Waals surface area (Å²) in [4.78, 5) is 25.2. The maximum atomic E-state index is 11.6. The van der Waals surface area contributed by atoms with Gasteiger partial charge in [-0.25, -0.2) is 14.5 Å². The fourth-order valence-electron chi connectivity index (χ4n) is 1.32. The number of aliphatic hydroxyl groups is 1. The van der Waals surface area contributed by atoms with E-state index >= 15 is 0 Å². The molecule has 6 nitrogen and oxygen atoms in total. The number of β-amino-alcohol motifs (C(OH)–C–C–N with tert-alkyl or cyclic N) is 1. The number of imide groups is 1. The molecule has 86 valence electrons. The molecule has 1 atom stereocenters. The molecule has 1 fully saturated rings. The van der Waals surface area contributed by atoms with Crippen LogP contribution in [0.3, 0.4) is 0 Å². The standard InChI is InChI=1S/C9H17N3O3/c1-9(2,3)10-7(14)12-6(13)5-11(4)8(12)15/h6,13H,5H2,1-4H3,(H,10,14). The minimum absolute atomic E-state index is 0.149. The van der Waals surface area contributed by atoms with Gasteiger partial charge in [0.05, 0.1) is 6.54 Å². The molecule has 1 aliphatic heterocycles. The molecule has 0 aromatic carbocycles. The molecular weight excluding hydrogens is 198 g/mol. The van der Waals surface area contributed by atoms with Crippen LogP contribution in [0.5, 0.6) is 0 Å². The van der Waals surface area contributed by atoms with Crippen molar-refractivity contribution in [3.05, 3.63) is 0 Å². The van der Waals surface area contributed by atoms with E-state index in [9.17, 15) is 14.7 Å². The van der Waals surface area contributed by atoms with Gasteiger partial charge in [-0.15, -0.1) is 0 Å². The van der Waals surface area contributed by atoms with E-state index < -0.39 is 23.8 Å². The summed E-state index contributed by atoms with van der Waals surface area (Å²) in [6.07, 6.45) is -1.06. The van der Waals surface area contributed by atoms with Crippen molar-refractivity contribution in [3.8, 4) is 0 Å². The molecule has 0 bridgehead atoms. The second-order valence-corrected chi connectivity index (χ2v) is 4.69. The smallest absolute Gasteiger partial charge is 0.330 e. The molecule has 1 aliphatic rings. The number of nitrogens with one attached hydrogen (secondary N) is 1. The third-order valence-electron chi connectivity index (χ3n) is 1.97. The van der Waals surface area contributed by atoms with Gasteiger partial charge in [0, 0.05) is 12.6 Å². The van der Waals surface area contributed by atoms with E-state index in [-0.39, 0.29) is 6.54 Å². The number of hydrogen-bond acceptors (Lipinski definition) is 3. The maximum Gasteiger partial charge on any atom is 0.330 e. The number of amides is 4. The van der Waals surface area contributed by atoms with Crippen molar-refractivity contribution in [2.24, 2.45) is 0 Å². The lowest BCUT2D eigenvalue weighted by Crippen LogP contribution is -2.51. The Morgan fingerprint density at radius 2 is 2.07 bits per heavy atom.